The molecule has 0 aromatic heterocycles. The lowest BCUT2D eigenvalue weighted by molar-refractivity contribution is 0.663. The van der Waals surface area contributed by atoms with Crippen LogP contribution in [0, 0.1) is 0 Å². The third kappa shape index (κ3) is 1.00. The molecule has 0 aliphatic heterocycles. The molecular weight excluding hydrogens is 168 g/mol. The summed E-state index contributed by atoms with van der Waals surface area (Å²) in [4.78, 5) is 0. The Labute approximate surface area is 86.0 Å². The van der Waals surface area contributed by atoms with Crippen molar-refractivity contribution in [3.05, 3.63) is 53.6 Å². The second kappa shape index (κ2) is 2.84. The molecule has 0 heteroatoms. The Morgan fingerprint density at radius 2 is 1.86 bits per heavy atom. The van der Waals surface area contributed by atoms with Crippen LogP contribution < -0.4 is 0 Å². The third-order valence-corrected chi connectivity index (χ3v) is 3.26. The summed E-state index contributed by atoms with van der Waals surface area (Å²) < 4.78 is 0. The van der Waals surface area contributed by atoms with Crippen LogP contribution in [0.5, 0.6) is 0 Å². The van der Waals surface area contributed by atoms with E-state index in [-0.39, 0.29) is 5.41 Å². The van der Waals surface area contributed by atoms with Gasteiger partial charge in [0.1, 0.15) is 0 Å². The molecule has 0 bridgehead atoms. The second-order valence-corrected chi connectivity index (χ2v) is 4.35. The molecule has 0 saturated heterocycles. The summed E-state index contributed by atoms with van der Waals surface area (Å²) in [6.07, 6.45) is 2.16. The molecule has 1 aromatic carbocycles. The molecular formula is C14H16. The van der Waals surface area contributed by atoms with Gasteiger partial charge in [-0.05, 0) is 29.2 Å². The fourth-order valence-corrected chi connectivity index (χ4v) is 2.25. The molecule has 0 nitrogen and oxygen atoms in total. The van der Waals surface area contributed by atoms with Crippen LogP contribution in [0.25, 0.3) is 5.57 Å². The van der Waals surface area contributed by atoms with Crippen LogP contribution in [0.4, 0.5) is 0 Å². The number of hydrogen-bond donors (Lipinski definition) is 0. The Kier molecular flexibility index (Phi) is 1.88. The Morgan fingerprint density at radius 3 is 2.50 bits per heavy atom. The van der Waals surface area contributed by atoms with E-state index in [1.165, 1.54) is 22.3 Å². The summed E-state index contributed by atoms with van der Waals surface area (Å²) in [6.45, 7) is 10.8. The van der Waals surface area contributed by atoms with Crippen LogP contribution in [0.2, 0.25) is 0 Å². The summed E-state index contributed by atoms with van der Waals surface area (Å²) in [5.74, 6) is 0. The summed E-state index contributed by atoms with van der Waals surface area (Å²) in [7, 11) is 0. The zero-order chi connectivity index (χ0) is 10.3. The highest BCUT2D eigenvalue weighted by Gasteiger charge is 2.35. The number of allylic oxidation sites excluding steroid dienone is 3. The first-order valence-electron chi connectivity index (χ1n) is 5.05. The molecule has 0 heterocycles. The van der Waals surface area contributed by atoms with Gasteiger partial charge >= 0.3 is 0 Å². The summed E-state index contributed by atoms with van der Waals surface area (Å²) in [5, 5.41) is 0. The van der Waals surface area contributed by atoms with E-state index < -0.39 is 0 Å². The van der Waals surface area contributed by atoms with Crippen LogP contribution in [0.3, 0.4) is 0 Å². The molecule has 0 unspecified atom stereocenters. The van der Waals surface area contributed by atoms with Gasteiger partial charge in [0.05, 0.1) is 0 Å². The number of hydrogen-bond acceptors (Lipinski definition) is 0. The van der Waals surface area contributed by atoms with Gasteiger partial charge in [0.2, 0.25) is 0 Å². The first kappa shape index (κ1) is 9.26. The highest BCUT2D eigenvalue weighted by Crippen LogP contribution is 2.48. The van der Waals surface area contributed by atoms with Crippen molar-refractivity contribution in [3.63, 3.8) is 0 Å². The molecule has 0 spiro atoms. The van der Waals surface area contributed by atoms with Gasteiger partial charge in [-0.2, -0.15) is 0 Å². The highest BCUT2D eigenvalue weighted by molar-refractivity contribution is 5.88. The van der Waals surface area contributed by atoms with Crippen LogP contribution in [-0.2, 0) is 5.41 Å². The van der Waals surface area contributed by atoms with E-state index in [2.05, 4.69) is 57.7 Å². The maximum Gasteiger partial charge on any atom is 0.0152 e. The average molecular weight is 184 g/mol. The van der Waals surface area contributed by atoms with Crippen LogP contribution in [0.15, 0.2) is 42.5 Å². The van der Waals surface area contributed by atoms with Crippen molar-refractivity contribution >= 4 is 5.57 Å². The van der Waals surface area contributed by atoms with Crippen LogP contribution in [0.1, 0.15) is 31.9 Å². The quantitative estimate of drug-likeness (QED) is 0.573. The zero-order valence-electron chi connectivity index (χ0n) is 9.09. The van der Waals surface area contributed by atoms with Gasteiger partial charge in [-0.3, -0.25) is 0 Å². The first-order chi connectivity index (χ1) is 6.59. The summed E-state index contributed by atoms with van der Waals surface area (Å²) in [5.41, 5.74) is 5.40. The number of rotatable bonds is 0. The topological polar surface area (TPSA) is 0 Å². The van der Waals surface area contributed by atoms with E-state index >= 15 is 0 Å². The Bertz CT molecular complexity index is 419. The molecule has 2 rings (SSSR count). The molecule has 1 aromatic rings. The average Bonchev–Trinajstić information content (AvgIpc) is 2.37. The van der Waals surface area contributed by atoms with Crippen molar-refractivity contribution in [3.8, 4) is 0 Å². The molecule has 0 radical (unpaired) electrons. The third-order valence-electron chi connectivity index (χ3n) is 3.26. The molecule has 14 heavy (non-hydrogen) atoms. The van der Waals surface area contributed by atoms with Crippen molar-refractivity contribution in [1.82, 2.24) is 0 Å². The maximum atomic E-state index is 4.21. The second-order valence-electron chi connectivity index (χ2n) is 4.35. The molecule has 72 valence electrons. The predicted molar refractivity (Wildman–Crippen MR) is 62.3 cm³/mol. The normalized spacial score (nSPS) is 21.4. The Balaban J connectivity index is 2.75. The molecule has 1 aliphatic rings. The lowest BCUT2D eigenvalue weighted by Crippen LogP contribution is -2.13. The SMILES string of the molecule is C=C1/C(=C\C)c2ccccc2C1(C)C. The number of benzene rings is 1. The summed E-state index contributed by atoms with van der Waals surface area (Å²) in [6, 6.07) is 8.59. The van der Waals surface area contributed by atoms with Crippen molar-refractivity contribution in [2.24, 2.45) is 0 Å². The first-order valence-corrected chi connectivity index (χ1v) is 5.05. The Morgan fingerprint density at radius 1 is 1.21 bits per heavy atom. The van der Waals surface area contributed by atoms with Crippen molar-refractivity contribution < 1.29 is 0 Å². The largest absolute Gasteiger partial charge is 0.0943 e. The minimum absolute atomic E-state index is 0.0957. The van der Waals surface area contributed by atoms with Gasteiger partial charge in [-0.15, -0.1) is 0 Å². The van der Waals surface area contributed by atoms with Crippen LogP contribution >= 0.6 is 0 Å². The fourth-order valence-electron chi connectivity index (χ4n) is 2.25. The summed E-state index contributed by atoms with van der Waals surface area (Å²) >= 11 is 0. The minimum atomic E-state index is 0.0957. The smallest absolute Gasteiger partial charge is 0.0152 e. The molecule has 0 saturated carbocycles. The standard InChI is InChI=1S/C14H16/c1-5-11-10(2)14(3,4)13-9-7-6-8-12(11)13/h5-9H,2H2,1,3-4H3/b11-5+. The molecule has 0 atom stereocenters. The molecule has 1 aliphatic carbocycles. The lowest BCUT2D eigenvalue weighted by atomic mass is 9.83. The van der Waals surface area contributed by atoms with Gasteiger partial charge in [0.15, 0.2) is 0 Å². The van der Waals surface area contributed by atoms with Gasteiger partial charge in [0.25, 0.3) is 0 Å². The zero-order valence-corrected chi connectivity index (χ0v) is 9.09. The van der Waals surface area contributed by atoms with E-state index in [9.17, 15) is 0 Å². The lowest BCUT2D eigenvalue weighted by Gasteiger charge is -2.20. The van der Waals surface area contributed by atoms with Crippen LogP contribution in [-0.4, -0.2) is 0 Å². The monoisotopic (exact) mass is 184 g/mol. The number of fused-ring (bicyclic) bond motifs is 1. The molecule has 0 N–H and O–H groups in total. The van der Waals surface area contributed by atoms with E-state index in [4.69, 9.17) is 0 Å². The highest BCUT2D eigenvalue weighted by atomic mass is 14.4. The molecule has 0 amide bonds. The van der Waals surface area contributed by atoms with Crippen molar-refractivity contribution in [2.75, 3.05) is 0 Å². The minimum Gasteiger partial charge on any atom is -0.0943 e. The van der Waals surface area contributed by atoms with Gasteiger partial charge in [-0.25, -0.2) is 0 Å². The maximum absolute atomic E-state index is 4.21. The van der Waals surface area contributed by atoms with Gasteiger partial charge < -0.3 is 0 Å². The molecule has 0 fully saturated rings. The van der Waals surface area contributed by atoms with E-state index in [1.807, 2.05) is 0 Å². The van der Waals surface area contributed by atoms with E-state index in [0.717, 1.165) is 0 Å². The predicted octanol–water partition coefficient (Wildman–Crippen LogP) is 3.94. The Hall–Kier alpha value is -1.30. The van der Waals surface area contributed by atoms with E-state index in [0.29, 0.717) is 0 Å². The van der Waals surface area contributed by atoms with Gasteiger partial charge in [0, 0.05) is 5.41 Å². The van der Waals surface area contributed by atoms with Gasteiger partial charge in [-0.1, -0.05) is 50.8 Å². The van der Waals surface area contributed by atoms with E-state index in [1.54, 1.807) is 0 Å². The fraction of sp³-hybridized carbons (Fsp3) is 0.286. The van der Waals surface area contributed by atoms with Crippen molar-refractivity contribution in [2.45, 2.75) is 26.2 Å². The van der Waals surface area contributed by atoms with Crippen molar-refractivity contribution in [1.29, 1.82) is 0 Å².